The summed E-state index contributed by atoms with van der Waals surface area (Å²) in [7, 11) is -3.03. The Morgan fingerprint density at radius 1 is 1.08 bits per heavy atom. The molecule has 1 unspecified atom stereocenters. The first-order valence-electron chi connectivity index (χ1n) is 11.7. The van der Waals surface area contributed by atoms with Gasteiger partial charge in [-0.2, -0.15) is 13.2 Å². The van der Waals surface area contributed by atoms with Gasteiger partial charge in [0.25, 0.3) is 0 Å². The number of carbonyl (C=O) groups excluding carboxylic acids is 1. The molecule has 4 rings (SSSR count). The molecular formula is C26H24ClF5N3O3P. The van der Waals surface area contributed by atoms with Crippen LogP contribution < -0.4 is 20.8 Å². The Labute approximate surface area is 226 Å². The number of halogens is 6. The van der Waals surface area contributed by atoms with Gasteiger partial charge in [-0.3, -0.25) is 10.1 Å². The molecule has 0 aromatic heterocycles. The molecule has 1 aliphatic rings. The lowest BCUT2D eigenvalue weighted by molar-refractivity contribution is -0.139. The number of hydrogen-bond donors (Lipinski definition) is 3. The minimum atomic E-state index is -5.13. The van der Waals surface area contributed by atoms with E-state index in [-0.39, 0.29) is 34.5 Å². The van der Waals surface area contributed by atoms with Crippen LogP contribution in [0.25, 0.3) is 11.1 Å². The van der Waals surface area contributed by atoms with Gasteiger partial charge in [-0.05, 0) is 55.1 Å². The van der Waals surface area contributed by atoms with Crippen LogP contribution in [0, 0.1) is 11.6 Å². The molecule has 2 atom stereocenters. The largest absolute Gasteiger partial charge is 0.419 e. The molecule has 0 spiro atoms. The summed E-state index contributed by atoms with van der Waals surface area (Å²) >= 11 is 5.70. The number of anilines is 2. The number of rotatable bonds is 7. The molecule has 1 amide bonds. The summed E-state index contributed by atoms with van der Waals surface area (Å²) in [6.45, 7) is 2.68. The highest BCUT2D eigenvalue weighted by molar-refractivity contribution is 7.70. The molecule has 208 valence electrons. The quantitative estimate of drug-likeness (QED) is 0.190. The lowest BCUT2D eigenvalue weighted by Crippen LogP contribution is -2.47. The van der Waals surface area contributed by atoms with Crippen LogP contribution in [-0.2, 0) is 15.5 Å². The first kappa shape index (κ1) is 29.0. The van der Waals surface area contributed by atoms with Gasteiger partial charge in [0, 0.05) is 16.9 Å². The number of alkyl halides is 3. The van der Waals surface area contributed by atoms with Crippen molar-refractivity contribution in [1.82, 2.24) is 5.32 Å². The minimum absolute atomic E-state index is 0.0143. The van der Waals surface area contributed by atoms with Crippen LogP contribution in [0.3, 0.4) is 0 Å². The lowest BCUT2D eigenvalue weighted by Gasteiger charge is -2.24. The zero-order valence-electron chi connectivity index (χ0n) is 20.7. The van der Waals surface area contributed by atoms with Crippen LogP contribution in [0.2, 0.25) is 5.02 Å². The summed E-state index contributed by atoms with van der Waals surface area (Å²) in [4.78, 5) is 13.9. The number of benzene rings is 3. The molecule has 1 aliphatic heterocycles. The van der Waals surface area contributed by atoms with Gasteiger partial charge in [-0.25, -0.2) is 8.78 Å². The zero-order chi connectivity index (χ0) is 28.7. The van der Waals surface area contributed by atoms with Gasteiger partial charge in [0.1, 0.15) is 18.5 Å². The highest BCUT2D eigenvalue weighted by atomic mass is 35.5. The zero-order valence-corrected chi connectivity index (χ0v) is 22.3. The molecular weight excluding hydrogens is 564 g/mol. The molecule has 39 heavy (non-hydrogen) atoms. The van der Waals surface area contributed by atoms with Gasteiger partial charge in [-0.1, -0.05) is 41.9 Å². The smallest absolute Gasteiger partial charge is 0.361 e. The average Bonchev–Trinajstić information content (AvgIpc) is 3.19. The Bertz CT molecular complexity index is 1460. The van der Waals surface area contributed by atoms with Gasteiger partial charge < -0.3 is 19.9 Å². The van der Waals surface area contributed by atoms with Crippen molar-refractivity contribution in [3.63, 3.8) is 0 Å². The molecule has 13 heteroatoms. The number of aliphatic hydroxyl groups excluding tert-OH is 1. The molecule has 1 saturated heterocycles. The third-order valence-corrected chi connectivity index (χ3v) is 8.04. The third-order valence-electron chi connectivity index (χ3n) is 6.26. The second kappa shape index (κ2) is 10.9. The summed E-state index contributed by atoms with van der Waals surface area (Å²) in [5.74, 6) is -3.18. The van der Waals surface area contributed by atoms with Crippen LogP contribution >= 0.6 is 18.7 Å². The average molecular weight is 588 g/mol. The van der Waals surface area contributed by atoms with Crippen LogP contribution in [0.15, 0.2) is 54.6 Å². The Morgan fingerprint density at radius 2 is 1.77 bits per heavy atom. The Morgan fingerprint density at radius 3 is 2.41 bits per heavy atom. The Kier molecular flexibility index (Phi) is 8.10. The van der Waals surface area contributed by atoms with E-state index in [1.807, 2.05) is 0 Å². The molecule has 1 heterocycles. The van der Waals surface area contributed by atoms with Crippen molar-refractivity contribution in [3.05, 3.63) is 76.8 Å². The molecule has 1 fully saturated rings. The van der Waals surface area contributed by atoms with Crippen molar-refractivity contribution < 1.29 is 36.4 Å². The molecule has 6 nitrogen and oxygen atoms in total. The number of carbonyl (C=O) groups is 1. The van der Waals surface area contributed by atoms with E-state index in [1.54, 1.807) is 0 Å². The highest BCUT2D eigenvalue weighted by Gasteiger charge is 2.42. The second-order valence-corrected chi connectivity index (χ2v) is 13.0. The van der Waals surface area contributed by atoms with Crippen molar-refractivity contribution in [1.29, 1.82) is 0 Å². The first-order valence-corrected chi connectivity index (χ1v) is 14.7. The summed E-state index contributed by atoms with van der Waals surface area (Å²) < 4.78 is 85.0. The fourth-order valence-electron chi connectivity index (χ4n) is 4.51. The highest BCUT2D eigenvalue weighted by Crippen LogP contribution is 2.45. The topological polar surface area (TPSA) is 81.7 Å². The van der Waals surface area contributed by atoms with E-state index in [1.165, 1.54) is 49.7 Å². The van der Waals surface area contributed by atoms with Crippen LogP contribution in [0.1, 0.15) is 12.0 Å². The van der Waals surface area contributed by atoms with Crippen LogP contribution in [0.4, 0.5) is 33.3 Å². The van der Waals surface area contributed by atoms with Gasteiger partial charge in [0.2, 0.25) is 5.91 Å². The van der Waals surface area contributed by atoms with E-state index in [0.29, 0.717) is 0 Å². The summed E-state index contributed by atoms with van der Waals surface area (Å²) in [5, 5.41) is 15.5. The fourth-order valence-corrected chi connectivity index (χ4v) is 5.88. The lowest BCUT2D eigenvalue weighted by atomic mass is 9.97. The van der Waals surface area contributed by atoms with E-state index in [9.17, 15) is 32.0 Å². The van der Waals surface area contributed by atoms with E-state index < -0.39 is 60.1 Å². The van der Waals surface area contributed by atoms with Crippen molar-refractivity contribution >= 4 is 41.3 Å². The van der Waals surface area contributed by atoms with E-state index in [0.717, 1.165) is 23.1 Å². The van der Waals surface area contributed by atoms with Gasteiger partial charge in [0.05, 0.1) is 17.4 Å². The first-order chi connectivity index (χ1) is 18.2. The number of amides is 1. The number of nitrogens with zero attached hydrogens (tertiary/aromatic N) is 1. The summed E-state index contributed by atoms with van der Waals surface area (Å²) in [6.07, 6.45) is -6.71. The van der Waals surface area contributed by atoms with Crippen LogP contribution in [-0.4, -0.2) is 43.3 Å². The van der Waals surface area contributed by atoms with Gasteiger partial charge >= 0.3 is 6.18 Å². The molecule has 3 aromatic carbocycles. The summed E-state index contributed by atoms with van der Waals surface area (Å²) in [6, 6.07) is 10.5. The predicted molar refractivity (Wildman–Crippen MR) is 141 cm³/mol. The summed E-state index contributed by atoms with van der Waals surface area (Å²) in [5.41, 5.74) is -2.78. The number of nitrogens with one attached hydrogen (secondary N) is 2. The second-order valence-electron chi connectivity index (χ2n) is 9.36. The molecule has 0 bridgehead atoms. The monoisotopic (exact) mass is 587 g/mol. The fraction of sp³-hybridized carbons (Fsp3) is 0.269. The number of aliphatic hydroxyl groups is 1. The maximum atomic E-state index is 15.6. The molecule has 0 radical (unpaired) electrons. The maximum absolute atomic E-state index is 15.6. The maximum Gasteiger partial charge on any atom is 0.419 e. The van der Waals surface area contributed by atoms with Gasteiger partial charge in [0.15, 0.2) is 12.2 Å². The third kappa shape index (κ3) is 6.11. The van der Waals surface area contributed by atoms with E-state index >= 15 is 4.39 Å². The van der Waals surface area contributed by atoms with Crippen molar-refractivity contribution in [2.75, 3.05) is 30.1 Å². The molecule has 0 saturated carbocycles. The molecule has 3 N–H and O–H groups in total. The predicted octanol–water partition coefficient (Wildman–Crippen LogP) is 5.63. The Balaban J connectivity index is 1.63. The molecule has 3 aromatic rings. The molecule has 0 aliphatic carbocycles. The van der Waals surface area contributed by atoms with Crippen molar-refractivity contribution in [3.8, 4) is 11.1 Å². The standard InChI is InChI=1S/C26H24ClF5N3O3P/c1-39(2,38)21-6-4-3-5-15(21)16-8-10-20(23(29)22(16)26(30,31)32)35-12-11-19(24(35)36)34-25(37)33-18-9-7-14(27)13-17(18)28/h3-10,13,19,25,33-34,37H,11-12H2,1-2H3/t19-,25?/m1/s1. The van der Waals surface area contributed by atoms with Gasteiger partial charge in [-0.15, -0.1) is 0 Å². The van der Waals surface area contributed by atoms with E-state index in [4.69, 9.17) is 11.6 Å². The minimum Gasteiger partial charge on any atom is -0.361 e. The Hall–Kier alpha value is -2.98. The SMILES string of the molecule is CP(C)(=O)c1ccccc1-c1ccc(N2CC[C@@H](NC(O)Nc3ccc(Cl)cc3F)C2=O)c(F)c1C(F)(F)F. The number of hydrogen-bond acceptors (Lipinski definition) is 5. The normalized spacial score (nSPS) is 17.0. The van der Waals surface area contributed by atoms with Crippen molar-refractivity contribution in [2.45, 2.75) is 25.0 Å². The van der Waals surface area contributed by atoms with Crippen molar-refractivity contribution in [2.24, 2.45) is 0 Å². The van der Waals surface area contributed by atoms with E-state index in [2.05, 4.69) is 10.6 Å². The van der Waals surface area contributed by atoms with Crippen LogP contribution in [0.5, 0.6) is 0 Å².